The lowest BCUT2D eigenvalue weighted by Gasteiger charge is -2.43. The minimum absolute atomic E-state index is 0.0186. The van der Waals surface area contributed by atoms with Gasteiger partial charge in [0.2, 0.25) is 0 Å². The SMILES string of the molecule is C#CC[C@@H](C)[C@H](C=O)OCCCO[Si](c1ccccc1)(c1ccccc1)C(C)(C)C. The largest absolute Gasteiger partial charge is 0.407 e. The molecule has 0 N–H and O–H groups in total. The number of carbonyl (C=O) groups is 1. The second-order valence-electron chi connectivity index (χ2n) is 8.72. The minimum Gasteiger partial charge on any atom is -0.407 e. The third kappa shape index (κ3) is 5.70. The highest BCUT2D eigenvalue weighted by Crippen LogP contribution is 2.36. The molecule has 0 aliphatic rings. The zero-order chi connectivity index (χ0) is 22.0. The second-order valence-corrected chi connectivity index (χ2v) is 13.0. The molecule has 0 bridgehead atoms. The first-order valence-electron chi connectivity index (χ1n) is 10.6. The lowest BCUT2D eigenvalue weighted by molar-refractivity contribution is -0.121. The van der Waals surface area contributed by atoms with Gasteiger partial charge in [-0.1, -0.05) is 88.4 Å². The third-order valence-electron chi connectivity index (χ3n) is 5.47. The third-order valence-corrected chi connectivity index (χ3v) is 10.5. The predicted octanol–water partition coefficient (Wildman–Crippen LogP) is 4.20. The monoisotopic (exact) mass is 422 g/mol. The van der Waals surface area contributed by atoms with Crippen LogP contribution in [0.25, 0.3) is 0 Å². The standard InChI is InChI=1S/C26H34O3Si/c1-6-14-22(2)25(21-27)28-19-13-20-29-30(26(3,4)5,23-15-9-7-10-16-23)24-17-11-8-12-18-24/h1,7-12,15-18,21-22,25H,13-14,19-20H2,2-5H3/t22-,25+/m1/s1. The van der Waals surface area contributed by atoms with Gasteiger partial charge in [-0.2, -0.15) is 0 Å². The van der Waals surface area contributed by atoms with E-state index >= 15 is 0 Å². The Balaban J connectivity index is 2.17. The fraction of sp³-hybridized carbons (Fsp3) is 0.423. The van der Waals surface area contributed by atoms with Crippen molar-refractivity contribution < 1.29 is 14.0 Å². The van der Waals surface area contributed by atoms with Crippen molar-refractivity contribution in [1.29, 1.82) is 0 Å². The first-order valence-corrected chi connectivity index (χ1v) is 12.5. The highest BCUT2D eigenvalue weighted by Gasteiger charge is 2.49. The molecule has 30 heavy (non-hydrogen) atoms. The summed E-state index contributed by atoms with van der Waals surface area (Å²) in [6.45, 7) is 9.77. The van der Waals surface area contributed by atoms with Gasteiger partial charge in [-0.05, 0) is 21.8 Å². The molecule has 2 aromatic carbocycles. The molecule has 4 heteroatoms. The van der Waals surface area contributed by atoms with E-state index in [1.54, 1.807) is 0 Å². The zero-order valence-corrected chi connectivity index (χ0v) is 19.6. The molecule has 0 saturated carbocycles. The summed E-state index contributed by atoms with van der Waals surface area (Å²) >= 11 is 0. The van der Waals surface area contributed by atoms with Crippen molar-refractivity contribution in [3.63, 3.8) is 0 Å². The summed E-state index contributed by atoms with van der Waals surface area (Å²) in [5, 5.41) is 2.47. The van der Waals surface area contributed by atoms with Crippen LogP contribution in [0.3, 0.4) is 0 Å². The first-order chi connectivity index (χ1) is 14.4. The van der Waals surface area contributed by atoms with E-state index in [1.165, 1.54) is 10.4 Å². The number of carbonyl (C=O) groups excluding carboxylic acids is 1. The lowest BCUT2D eigenvalue weighted by Crippen LogP contribution is -2.66. The molecule has 0 amide bonds. The van der Waals surface area contributed by atoms with Gasteiger partial charge in [-0.25, -0.2) is 0 Å². The molecule has 2 aromatic rings. The average molecular weight is 423 g/mol. The predicted molar refractivity (Wildman–Crippen MR) is 127 cm³/mol. The van der Waals surface area contributed by atoms with E-state index in [0.717, 1.165) is 12.7 Å². The molecule has 3 nitrogen and oxygen atoms in total. The van der Waals surface area contributed by atoms with Gasteiger partial charge in [0, 0.05) is 25.6 Å². The Morgan fingerprint density at radius 1 is 1.00 bits per heavy atom. The molecule has 0 unspecified atom stereocenters. The van der Waals surface area contributed by atoms with Crippen LogP contribution in [-0.4, -0.2) is 33.9 Å². The number of terminal acetylenes is 1. The highest BCUT2D eigenvalue weighted by atomic mass is 28.4. The zero-order valence-electron chi connectivity index (χ0n) is 18.6. The molecule has 0 aliphatic carbocycles. The van der Waals surface area contributed by atoms with Gasteiger partial charge in [-0.3, -0.25) is 0 Å². The molecule has 2 atom stereocenters. The number of rotatable bonds is 11. The van der Waals surface area contributed by atoms with Gasteiger partial charge in [0.25, 0.3) is 8.32 Å². The Labute approximate surface area is 182 Å². The van der Waals surface area contributed by atoms with Crippen LogP contribution >= 0.6 is 0 Å². The van der Waals surface area contributed by atoms with Gasteiger partial charge in [-0.15, -0.1) is 12.3 Å². The van der Waals surface area contributed by atoms with E-state index in [9.17, 15) is 4.79 Å². The second kappa shape index (κ2) is 11.3. The number of hydrogen-bond acceptors (Lipinski definition) is 3. The number of benzene rings is 2. The van der Waals surface area contributed by atoms with Crippen molar-refractivity contribution in [1.82, 2.24) is 0 Å². The molecule has 0 heterocycles. The quantitative estimate of drug-likeness (QED) is 0.236. The van der Waals surface area contributed by atoms with Crippen molar-refractivity contribution in [2.24, 2.45) is 5.92 Å². The number of ether oxygens (including phenoxy) is 1. The summed E-state index contributed by atoms with van der Waals surface area (Å²) in [5.74, 6) is 2.62. The summed E-state index contributed by atoms with van der Waals surface area (Å²) in [7, 11) is -2.52. The summed E-state index contributed by atoms with van der Waals surface area (Å²) in [4.78, 5) is 11.3. The Morgan fingerprint density at radius 3 is 1.97 bits per heavy atom. The molecule has 0 radical (unpaired) electrons. The fourth-order valence-corrected chi connectivity index (χ4v) is 8.51. The Morgan fingerprint density at radius 2 is 1.53 bits per heavy atom. The van der Waals surface area contributed by atoms with E-state index in [-0.39, 0.29) is 11.0 Å². The van der Waals surface area contributed by atoms with Crippen LogP contribution in [0.15, 0.2) is 60.7 Å². The topological polar surface area (TPSA) is 35.5 Å². The smallest absolute Gasteiger partial charge is 0.261 e. The lowest BCUT2D eigenvalue weighted by atomic mass is 10.0. The van der Waals surface area contributed by atoms with E-state index in [1.807, 2.05) is 19.1 Å². The summed E-state index contributed by atoms with van der Waals surface area (Å²) in [6, 6.07) is 21.2. The van der Waals surface area contributed by atoms with Gasteiger partial charge >= 0.3 is 0 Å². The molecule has 0 spiro atoms. The van der Waals surface area contributed by atoms with Crippen molar-refractivity contribution in [3.05, 3.63) is 60.7 Å². The van der Waals surface area contributed by atoms with Crippen LogP contribution in [0.5, 0.6) is 0 Å². The molecule has 0 fully saturated rings. The van der Waals surface area contributed by atoms with Crippen molar-refractivity contribution in [3.8, 4) is 12.3 Å². The Hall–Kier alpha value is -2.19. The molecular formula is C26H34O3Si. The van der Waals surface area contributed by atoms with Crippen LogP contribution in [0.2, 0.25) is 5.04 Å². The van der Waals surface area contributed by atoms with Crippen molar-refractivity contribution in [2.45, 2.75) is 51.7 Å². The van der Waals surface area contributed by atoms with Crippen LogP contribution in [-0.2, 0) is 14.0 Å². The minimum atomic E-state index is -2.52. The van der Waals surface area contributed by atoms with Crippen molar-refractivity contribution in [2.75, 3.05) is 13.2 Å². The van der Waals surface area contributed by atoms with Gasteiger partial charge in [0.05, 0.1) is 0 Å². The maximum atomic E-state index is 11.3. The van der Waals surface area contributed by atoms with Crippen LogP contribution in [0.4, 0.5) is 0 Å². The number of hydrogen-bond donors (Lipinski definition) is 0. The van der Waals surface area contributed by atoms with Crippen molar-refractivity contribution >= 4 is 25.0 Å². The summed E-state index contributed by atoms with van der Waals surface area (Å²) in [5.41, 5.74) is 0. The van der Waals surface area contributed by atoms with Gasteiger partial charge in [0.1, 0.15) is 12.4 Å². The summed E-state index contributed by atoms with van der Waals surface area (Å²) in [6.07, 6.45) is 7.00. The maximum Gasteiger partial charge on any atom is 0.261 e. The van der Waals surface area contributed by atoms with Gasteiger partial charge < -0.3 is 14.0 Å². The van der Waals surface area contributed by atoms with E-state index in [0.29, 0.717) is 19.6 Å². The van der Waals surface area contributed by atoms with Gasteiger partial charge in [0.15, 0.2) is 0 Å². The van der Waals surface area contributed by atoms with Crippen LogP contribution < -0.4 is 10.4 Å². The maximum absolute atomic E-state index is 11.3. The van der Waals surface area contributed by atoms with Crippen LogP contribution in [0, 0.1) is 18.3 Å². The van der Waals surface area contributed by atoms with E-state index < -0.39 is 14.4 Å². The molecule has 160 valence electrons. The highest BCUT2D eigenvalue weighted by molar-refractivity contribution is 6.99. The molecule has 0 saturated heterocycles. The number of aldehydes is 1. The molecule has 2 rings (SSSR count). The Bertz CT molecular complexity index is 766. The Kier molecular flexibility index (Phi) is 9.04. The molecule has 0 aromatic heterocycles. The van der Waals surface area contributed by atoms with Crippen LogP contribution in [0.1, 0.15) is 40.5 Å². The average Bonchev–Trinajstić information content (AvgIpc) is 2.74. The van der Waals surface area contributed by atoms with E-state index in [4.69, 9.17) is 15.6 Å². The van der Waals surface area contributed by atoms with E-state index in [2.05, 4.69) is 75.2 Å². The molecular weight excluding hydrogens is 388 g/mol. The fourth-order valence-electron chi connectivity index (χ4n) is 3.90. The normalized spacial score (nSPS) is 14.0. The first kappa shape index (κ1) is 24.1. The molecule has 0 aliphatic heterocycles. The summed E-state index contributed by atoms with van der Waals surface area (Å²) < 4.78 is 12.6.